The summed E-state index contributed by atoms with van der Waals surface area (Å²) in [5.41, 5.74) is 7.08. The van der Waals surface area contributed by atoms with Crippen LogP contribution in [0.5, 0.6) is 0 Å². The van der Waals surface area contributed by atoms with Crippen molar-refractivity contribution in [3.05, 3.63) is 35.4 Å². The van der Waals surface area contributed by atoms with Crippen molar-refractivity contribution in [3.63, 3.8) is 0 Å². The van der Waals surface area contributed by atoms with Crippen molar-refractivity contribution in [1.82, 2.24) is 4.90 Å². The number of nitrogens with zero attached hydrogens (tertiary/aromatic N) is 1. The molecule has 0 aromatic heterocycles. The summed E-state index contributed by atoms with van der Waals surface area (Å²) in [5, 5.41) is 0. The predicted octanol–water partition coefficient (Wildman–Crippen LogP) is 1.22. The van der Waals surface area contributed by atoms with Crippen LogP contribution < -0.4 is 5.73 Å². The molecule has 0 heterocycles. The van der Waals surface area contributed by atoms with E-state index >= 15 is 0 Å². The Morgan fingerprint density at radius 1 is 1.47 bits per heavy atom. The SMILES string of the molecule is CN(C)C(=O)c1cccc(CC(N)=S)c1. The lowest BCUT2D eigenvalue weighted by molar-refractivity contribution is 0.0827. The second kappa shape index (κ2) is 4.89. The number of hydrogen-bond acceptors (Lipinski definition) is 2. The minimum atomic E-state index is -0.0141. The summed E-state index contributed by atoms with van der Waals surface area (Å²) in [4.78, 5) is 13.6. The molecule has 0 aliphatic heterocycles. The Bertz CT molecular complexity index is 388. The number of amides is 1. The van der Waals surface area contributed by atoms with Crippen LogP contribution in [0.15, 0.2) is 24.3 Å². The second-order valence-corrected chi connectivity index (χ2v) is 4.07. The normalized spacial score (nSPS) is 9.73. The maximum Gasteiger partial charge on any atom is 0.253 e. The molecule has 1 aromatic carbocycles. The molecular weight excluding hydrogens is 208 g/mol. The van der Waals surface area contributed by atoms with Crippen LogP contribution in [0.2, 0.25) is 0 Å². The van der Waals surface area contributed by atoms with E-state index < -0.39 is 0 Å². The van der Waals surface area contributed by atoms with Crippen molar-refractivity contribution in [3.8, 4) is 0 Å². The minimum Gasteiger partial charge on any atom is -0.393 e. The van der Waals surface area contributed by atoms with Gasteiger partial charge in [-0.05, 0) is 17.7 Å². The van der Waals surface area contributed by atoms with Gasteiger partial charge in [0.25, 0.3) is 5.91 Å². The average Bonchev–Trinajstić information content (AvgIpc) is 2.16. The molecule has 0 aliphatic carbocycles. The van der Waals surface area contributed by atoms with Crippen LogP contribution in [0.1, 0.15) is 15.9 Å². The molecule has 0 bridgehead atoms. The van der Waals surface area contributed by atoms with E-state index in [1.807, 2.05) is 18.2 Å². The lowest BCUT2D eigenvalue weighted by atomic mass is 10.1. The summed E-state index contributed by atoms with van der Waals surface area (Å²) in [6.45, 7) is 0. The highest BCUT2D eigenvalue weighted by molar-refractivity contribution is 7.80. The van der Waals surface area contributed by atoms with Gasteiger partial charge < -0.3 is 10.6 Å². The average molecular weight is 222 g/mol. The van der Waals surface area contributed by atoms with Gasteiger partial charge in [0.2, 0.25) is 0 Å². The van der Waals surface area contributed by atoms with Crippen molar-refractivity contribution < 1.29 is 4.79 Å². The molecule has 15 heavy (non-hydrogen) atoms. The highest BCUT2D eigenvalue weighted by Gasteiger charge is 2.08. The highest BCUT2D eigenvalue weighted by Crippen LogP contribution is 2.07. The summed E-state index contributed by atoms with van der Waals surface area (Å²) in [7, 11) is 3.45. The molecule has 1 amide bonds. The number of benzene rings is 1. The van der Waals surface area contributed by atoms with Gasteiger partial charge in [0, 0.05) is 26.1 Å². The van der Waals surface area contributed by atoms with Gasteiger partial charge in [0.1, 0.15) is 0 Å². The van der Waals surface area contributed by atoms with Crippen molar-refractivity contribution >= 4 is 23.1 Å². The maximum absolute atomic E-state index is 11.6. The van der Waals surface area contributed by atoms with Crippen molar-refractivity contribution in [1.29, 1.82) is 0 Å². The molecule has 3 nitrogen and oxygen atoms in total. The summed E-state index contributed by atoms with van der Waals surface area (Å²) in [6, 6.07) is 7.35. The van der Waals surface area contributed by atoms with E-state index in [0.29, 0.717) is 17.0 Å². The zero-order valence-electron chi connectivity index (χ0n) is 8.86. The maximum atomic E-state index is 11.6. The van der Waals surface area contributed by atoms with Gasteiger partial charge in [-0.1, -0.05) is 24.4 Å². The van der Waals surface area contributed by atoms with Gasteiger partial charge in [-0.25, -0.2) is 0 Å². The molecule has 0 aliphatic rings. The third-order valence-corrected chi connectivity index (χ3v) is 2.10. The molecule has 1 rings (SSSR count). The fraction of sp³-hybridized carbons (Fsp3) is 0.273. The van der Waals surface area contributed by atoms with Gasteiger partial charge in [-0.2, -0.15) is 0 Å². The van der Waals surface area contributed by atoms with Gasteiger partial charge in [-0.3, -0.25) is 4.79 Å². The Morgan fingerprint density at radius 3 is 2.67 bits per heavy atom. The molecule has 0 atom stereocenters. The van der Waals surface area contributed by atoms with E-state index in [0.717, 1.165) is 5.56 Å². The molecule has 80 valence electrons. The largest absolute Gasteiger partial charge is 0.393 e. The van der Waals surface area contributed by atoms with Crippen LogP contribution in [0.25, 0.3) is 0 Å². The number of rotatable bonds is 3. The van der Waals surface area contributed by atoms with Crippen molar-refractivity contribution in [2.45, 2.75) is 6.42 Å². The molecule has 0 fully saturated rings. The quantitative estimate of drug-likeness (QED) is 0.782. The molecule has 0 radical (unpaired) electrons. The molecular formula is C11H14N2OS. The van der Waals surface area contributed by atoms with Crippen molar-refractivity contribution in [2.24, 2.45) is 5.73 Å². The molecule has 0 spiro atoms. The number of carbonyl (C=O) groups is 1. The number of hydrogen-bond donors (Lipinski definition) is 1. The summed E-state index contributed by atoms with van der Waals surface area (Å²) < 4.78 is 0. The standard InChI is InChI=1S/C11H14N2OS/c1-13(2)11(14)9-5-3-4-8(6-9)7-10(12)15/h3-6H,7H2,1-2H3,(H2,12,15). The van der Waals surface area contributed by atoms with E-state index in [9.17, 15) is 4.79 Å². The highest BCUT2D eigenvalue weighted by atomic mass is 32.1. The minimum absolute atomic E-state index is 0.0141. The Balaban J connectivity index is 2.92. The zero-order chi connectivity index (χ0) is 11.4. The first-order chi connectivity index (χ1) is 7.00. The topological polar surface area (TPSA) is 46.3 Å². The summed E-state index contributed by atoms with van der Waals surface area (Å²) in [5.74, 6) is -0.0141. The van der Waals surface area contributed by atoms with Crippen LogP contribution in [-0.2, 0) is 6.42 Å². The summed E-state index contributed by atoms with van der Waals surface area (Å²) >= 11 is 4.82. The van der Waals surface area contributed by atoms with Crippen LogP contribution >= 0.6 is 12.2 Å². The molecule has 2 N–H and O–H groups in total. The first-order valence-corrected chi connectivity index (χ1v) is 5.00. The van der Waals surface area contributed by atoms with E-state index in [1.165, 1.54) is 0 Å². The summed E-state index contributed by atoms with van der Waals surface area (Å²) in [6.07, 6.45) is 0.532. The van der Waals surface area contributed by atoms with Gasteiger partial charge >= 0.3 is 0 Å². The van der Waals surface area contributed by atoms with E-state index in [-0.39, 0.29) is 5.91 Å². The number of carbonyl (C=O) groups excluding carboxylic acids is 1. The van der Waals surface area contributed by atoms with Crippen LogP contribution in [0.3, 0.4) is 0 Å². The van der Waals surface area contributed by atoms with Crippen LogP contribution in [0.4, 0.5) is 0 Å². The lowest BCUT2D eigenvalue weighted by Crippen LogP contribution is -2.22. The monoisotopic (exact) mass is 222 g/mol. The molecule has 1 aromatic rings. The second-order valence-electron chi connectivity index (χ2n) is 3.54. The first kappa shape index (κ1) is 11.7. The van der Waals surface area contributed by atoms with E-state index in [4.69, 9.17) is 18.0 Å². The Kier molecular flexibility index (Phi) is 3.80. The Morgan fingerprint density at radius 2 is 2.13 bits per heavy atom. The van der Waals surface area contributed by atoms with Crippen LogP contribution in [0, 0.1) is 0 Å². The lowest BCUT2D eigenvalue weighted by Gasteiger charge is -2.10. The zero-order valence-corrected chi connectivity index (χ0v) is 9.67. The molecule has 0 saturated carbocycles. The smallest absolute Gasteiger partial charge is 0.253 e. The van der Waals surface area contributed by atoms with E-state index in [1.54, 1.807) is 25.1 Å². The predicted molar refractivity (Wildman–Crippen MR) is 64.9 cm³/mol. The number of thiocarbonyl (C=S) groups is 1. The van der Waals surface area contributed by atoms with Gasteiger partial charge in [-0.15, -0.1) is 0 Å². The molecule has 0 saturated heterocycles. The Labute approximate surface area is 94.9 Å². The van der Waals surface area contributed by atoms with E-state index in [2.05, 4.69) is 0 Å². The van der Waals surface area contributed by atoms with Gasteiger partial charge in [0.05, 0.1) is 4.99 Å². The Hall–Kier alpha value is -1.42. The first-order valence-electron chi connectivity index (χ1n) is 4.59. The number of nitrogens with two attached hydrogens (primary N) is 1. The van der Waals surface area contributed by atoms with Gasteiger partial charge in [0.15, 0.2) is 0 Å². The molecule has 4 heteroatoms. The third kappa shape index (κ3) is 3.32. The van der Waals surface area contributed by atoms with Crippen molar-refractivity contribution in [2.75, 3.05) is 14.1 Å². The molecule has 0 unspecified atom stereocenters. The van der Waals surface area contributed by atoms with Crippen LogP contribution in [-0.4, -0.2) is 29.9 Å². The fourth-order valence-corrected chi connectivity index (χ4v) is 1.44. The fourth-order valence-electron chi connectivity index (χ4n) is 1.27. The third-order valence-electron chi connectivity index (χ3n) is 1.96.